The van der Waals surface area contributed by atoms with E-state index in [1.165, 1.54) is 18.4 Å². The SMILES string of the molecule is Cc1ccccc1NC(=O)Nc1nc(=O)c(-c2ccc(CNCC3CC3)cc2)c[nH]1. The first-order chi connectivity index (χ1) is 14.6. The number of urea groups is 1. The maximum atomic E-state index is 12.5. The number of carbonyl (C=O) groups excluding carboxylic acids is 1. The highest BCUT2D eigenvalue weighted by Gasteiger charge is 2.20. The second kappa shape index (κ2) is 8.92. The van der Waals surface area contributed by atoms with E-state index in [4.69, 9.17) is 0 Å². The van der Waals surface area contributed by atoms with Crippen molar-refractivity contribution in [3.05, 3.63) is 76.2 Å². The van der Waals surface area contributed by atoms with Crippen molar-refractivity contribution in [3.8, 4) is 11.1 Å². The van der Waals surface area contributed by atoms with Crippen LogP contribution in [-0.4, -0.2) is 22.5 Å². The Balaban J connectivity index is 1.38. The molecular formula is C23H25N5O2. The van der Waals surface area contributed by atoms with Crippen molar-refractivity contribution in [1.29, 1.82) is 0 Å². The molecule has 1 aliphatic carbocycles. The fourth-order valence-electron chi connectivity index (χ4n) is 3.19. The predicted molar refractivity (Wildman–Crippen MR) is 119 cm³/mol. The predicted octanol–water partition coefficient (Wildman–Crippen LogP) is 3.89. The number of amides is 2. The molecule has 0 radical (unpaired) electrons. The summed E-state index contributed by atoms with van der Waals surface area (Å²) >= 11 is 0. The summed E-state index contributed by atoms with van der Waals surface area (Å²) in [6.07, 6.45) is 4.24. The average molecular weight is 403 g/mol. The van der Waals surface area contributed by atoms with Crippen molar-refractivity contribution < 1.29 is 4.79 Å². The number of H-pyrrole nitrogens is 1. The van der Waals surface area contributed by atoms with E-state index in [1.54, 1.807) is 12.3 Å². The Morgan fingerprint density at radius 2 is 1.87 bits per heavy atom. The van der Waals surface area contributed by atoms with Gasteiger partial charge in [-0.3, -0.25) is 10.1 Å². The molecule has 4 N–H and O–H groups in total. The lowest BCUT2D eigenvalue weighted by molar-refractivity contribution is 0.262. The molecule has 0 unspecified atom stereocenters. The van der Waals surface area contributed by atoms with E-state index in [2.05, 4.69) is 25.9 Å². The second-order valence-electron chi connectivity index (χ2n) is 7.63. The standard InChI is InChI=1S/C23H25N5O2/c1-15-4-2-3-5-20(15)26-23(30)28-22-25-14-19(21(29)27-22)18-10-8-17(9-11-18)13-24-12-16-6-7-16/h2-5,8-11,14,16,24H,6-7,12-13H2,1H3,(H3,25,26,27,28,29,30). The van der Waals surface area contributed by atoms with Crippen molar-refractivity contribution in [2.45, 2.75) is 26.3 Å². The third-order valence-corrected chi connectivity index (χ3v) is 5.15. The number of nitrogens with one attached hydrogen (secondary N) is 4. The number of rotatable bonds is 7. The molecule has 30 heavy (non-hydrogen) atoms. The fraction of sp³-hybridized carbons (Fsp3) is 0.261. The van der Waals surface area contributed by atoms with Gasteiger partial charge in [0.05, 0.1) is 5.56 Å². The first-order valence-electron chi connectivity index (χ1n) is 10.1. The quantitative estimate of drug-likeness (QED) is 0.481. The van der Waals surface area contributed by atoms with Crippen LogP contribution < -0.4 is 21.5 Å². The van der Waals surface area contributed by atoms with Crippen LogP contribution in [0.1, 0.15) is 24.0 Å². The maximum Gasteiger partial charge on any atom is 0.326 e. The second-order valence-corrected chi connectivity index (χ2v) is 7.63. The Hall–Kier alpha value is -3.45. The molecular weight excluding hydrogens is 378 g/mol. The number of carbonyl (C=O) groups is 1. The normalized spacial score (nSPS) is 13.1. The molecule has 2 aromatic carbocycles. The first kappa shape index (κ1) is 19.8. The molecule has 2 amide bonds. The van der Waals surface area contributed by atoms with Crippen LogP contribution in [0.4, 0.5) is 16.4 Å². The van der Waals surface area contributed by atoms with Crippen LogP contribution in [0.5, 0.6) is 0 Å². The molecule has 0 saturated heterocycles. The van der Waals surface area contributed by atoms with E-state index in [9.17, 15) is 9.59 Å². The van der Waals surface area contributed by atoms with E-state index in [-0.39, 0.29) is 5.95 Å². The number of aryl methyl sites for hydroxylation is 1. The zero-order valence-electron chi connectivity index (χ0n) is 16.9. The van der Waals surface area contributed by atoms with Gasteiger partial charge in [0, 0.05) is 18.4 Å². The number of aromatic nitrogens is 2. The van der Waals surface area contributed by atoms with Gasteiger partial charge < -0.3 is 15.6 Å². The minimum absolute atomic E-state index is 0.0933. The largest absolute Gasteiger partial charge is 0.331 e. The van der Waals surface area contributed by atoms with E-state index in [0.29, 0.717) is 11.3 Å². The summed E-state index contributed by atoms with van der Waals surface area (Å²) in [5.41, 5.74) is 3.65. The van der Waals surface area contributed by atoms with Crippen LogP contribution in [0.25, 0.3) is 11.1 Å². The Labute approximate surface area is 175 Å². The van der Waals surface area contributed by atoms with E-state index in [0.717, 1.165) is 30.1 Å². The smallest absolute Gasteiger partial charge is 0.326 e. The molecule has 7 heteroatoms. The van der Waals surface area contributed by atoms with Crippen molar-refractivity contribution in [2.75, 3.05) is 17.2 Å². The number of benzene rings is 2. The minimum Gasteiger partial charge on any atom is -0.331 e. The lowest BCUT2D eigenvalue weighted by atomic mass is 10.1. The third-order valence-electron chi connectivity index (χ3n) is 5.15. The molecule has 154 valence electrons. The molecule has 0 bridgehead atoms. The lowest BCUT2D eigenvalue weighted by Gasteiger charge is -2.09. The van der Waals surface area contributed by atoms with E-state index >= 15 is 0 Å². The van der Waals surface area contributed by atoms with Gasteiger partial charge in [0.25, 0.3) is 5.56 Å². The molecule has 7 nitrogen and oxygen atoms in total. The van der Waals surface area contributed by atoms with Gasteiger partial charge in [-0.25, -0.2) is 4.79 Å². The zero-order chi connectivity index (χ0) is 20.9. The van der Waals surface area contributed by atoms with Gasteiger partial charge in [-0.15, -0.1) is 0 Å². The van der Waals surface area contributed by atoms with Crippen LogP contribution in [0, 0.1) is 12.8 Å². The highest BCUT2D eigenvalue weighted by molar-refractivity contribution is 5.99. The molecule has 4 rings (SSSR count). The Morgan fingerprint density at radius 3 is 2.57 bits per heavy atom. The van der Waals surface area contributed by atoms with Crippen molar-refractivity contribution >= 4 is 17.7 Å². The Bertz CT molecular complexity index is 1090. The summed E-state index contributed by atoms with van der Waals surface area (Å²) in [6, 6.07) is 14.8. The lowest BCUT2D eigenvalue weighted by Crippen LogP contribution is -2.23. The third kappa shape index (κ3) is 5.12. The van der Waals surface area contributed by atoms with Crippen LogP contribution in [0.15, 0.2) is 59.5 Å². The summed E-state index contributed by atoms with van der Waals surface area (Å²) in [6.45, 7) is 3.79. The van der Waals surface area contributed by atoms with Gasteiger partial charge in [0.15, 0.2) is 0 Å². The van der Waals surface area contributed by atoms with Gasteiger partial charge >= 0.3 is 6.03 Å². The van der Waals surface area contributed by atoms with Gasteiger partial charge in [0.2, 0.25) is 5.95 Å². The number of aromatic amines is 1. The van der Waals surface area contributed by atoms with Gasteiger partial charge in [-0.2, -0.15) is 4.98 Å². The molecule has 1 saturated carbocycles. The molecule has 0 atom stereocenters. The van der Waals surface area contributed by atoms with E-state index in [1.807, 2.05) is 49.4 Å². The molecule has 1 aromatic heterocycles. The molecule has 3 aromatic rings. The summed E-state index contributed by atoms with van der Waals surface area (Å²) in [5, 5.41) is 8.75. The van der Waals surface area contributed by atoms with Gasteiger partial charge in [0.1, 0.15) is 0 Å². The summed E-state index contributed by atoms with van der Waals surface area (Å²) < 4.78 is 0. The number of hydrogen-bond donors (Lipinski definition) is 4. The number of para-hydroxylation sites is 1. The minimum atomic E-state index is -0.469. The Kier molecular flexibility index (Phi) is 5.90. The highest BCUT2D eigenvalue weighted by atomic mass is 16.2. The fourth-order valence-corrected chi connectivity index (χ4v) is 3.19. The number of anilines is 2. The maximum absolute atomic E-state index is 12.5. The van der Waals surface area contributed by atoms with Gasteiger partial charge in [-0.05, 0) is 55.0 Å². The molecule has 1 fully saturated rings. The van der Waals surface area contributed by atoms with Crippen molar-refractivity contribution in [3.63, 3.8) is 0 Å². The first-order valence-corrected chi connectivity index (χ1v) is 10.1. The number of hydrogen-bond acceptors (Lipinski definition) is 4. The van der Waals surface area contributed by atoms with Gasteiger partial charge in [-0.1, -0.05) is 42.5 Å². The van der Waals surface area contributed by atoms with Crippen molar-refractivity contribution in [1.82, 2.24) is 15.3 Å². The van der Waals surface area contributed by atoms with Crippen LogP contribution >= 0.6 is 0 Å². The van der Waals surface area contributed by atoms with Crippen molar-refractivity contribution in [2.24, 2.45) is 5.92 Å². The molecule has 1 heterocycles. The summed E-state index contributed by atoms with van der Waals surface area (Å²) in [7, 11) is 0. The summed E-state index contributed by atoms with van der Waals surface area (Å²) in [4.78, 5) is 31.5. The van der Waals surface area contributed by atoms with E-state index < -0.39 is 11.6 Å². The summed E-state index contributed by atoms with van der Waals surface area (Å²) in [5.74, 6) is 0.940. The molecule has 1 aliphatic rings. The molecule has 0 spiro atoms. The monoisotopic (exact) mass is 403 g/mol. The average Bonchev–Trinajstić information content (AvgIpc) is 3.55. The topological polar surface area (TPSA) is 98.9 Å². The number of nitrogens with zero attached hydrogens (tertiary/aromatic N) is 1. The highest BCUT2D eigenvalue weighted by Crippen LogP contribution is 2.27. The van der Waals surface area contributed by atoms with Crippen LogP contribution in [-0.2, 0) is 6.54 Å². The van der Waals surface area contributed by atoms with Crippen LogP contribution in [0.3, 0.4) is 0 Å². The zero-order valence-corrected chi connectivity index (χ0v) is 16.9. The Morgan fingerprint density at radius 1 is 1.10 bits per heavy atom. The molecule has 0 aliphatic heterocycles. The van der Waals surface area contributed by atoms with Crippen LogP contribution in [0.2, 0.25) is 0 Å².